The molecule has 0 aliphatic heterocycles. The lowest BCUT2D eigenvalue weighted by molar-refractivity contribution is 0.0691. The SMILES string of the molecule is O=C(O)c1csc(C(=O)Nc2cc(F)ccc2Cl)n1. The van der Waals surface area contributed by atoms with Crippen LogP contribution in [0.25, 0.3) is 0 Å². The van der Waals surface area contributed by atoms with E-state index in [4.69, 9.17) is 16.7 Å². The fraction of sp³-hybridized carbons (Fsp3) is 0. The molecule has 19 heavy (non-hydrogen) atoms. The maximum atomic E-state index is 13.0. The average Bonchev–Trinajstić information content (AvgIpc) is 2.83. The molecule has 1 heterocycles. The van der Waals surface area contributed by atoms with Crippen LogP contribution in [0.2, 0.25) is 5.02 Å². The monoisotopic (exact) mass is 300 g/mol. The summed E-state index contributed by atoms with van der Waals surface area (Å²) < 4.78 is 13.0. The van der Waals surface area contributed by atoms with Crippen molar-refractivity contribution in [3.8, 4) is 0 Å². The number of carbonyl (C=O) groups is 2. The van der Waals surface area contributed by atoms with Crippen molar-refractivity contribution in [2.75, 3.05) is 5.32 Å². The van der Waals surface area contributed by atoms with E-state index in [9.17, 15) is 14.0 Å². The van der Waals surface area contributed by atoms with Gasteiger partial charge in [-0.3, -0.25) is 4.79 Å². The number of thiazole rings is 1. The third kappa shape index (κ3) is 3.07. The summed E-state index contributed by atoms with van der Waals surface area (Å²) in [6, 6.07) is 3.52. The van der Waals surface area contributed by atoms with Crippen LogP contribution in [-0.2, 0) is 0 Å². The van der Waals surface area contributed by atoms with Crippen molar-refractivity contribution in [2.24, 2.45) is 0 Å². The molecule has 2 rings (SSSR count). The average molecular weight is 301 g/mol. The van der Waals surface area contributed by atoms with Gasteiger partial charge in [-0.05, 0) is 18.2 Å². The molecule has 1 amide bonds. The summed E-state index contributed by atoms with van der Waals surface area (Å²) >= 11 is 6.67. The second-order valence-electron chi connectivity index (χ2n) is 3.42. The van der Waals surface area contributed by atoms with Gasteiger partial charge in [0.25, 0.3) is 5.91 Å². The summed E-state index contributed by atoms with van der Waals surface area (Å²) in [5, 5.41) is 12.4. The Morgan fingerprint density at radius 2 is 2.16 bits per heavy atom. The van der Waals surface area contributed by atoms with Gasteiger partial charge in [-0.1, -0.05) is 11.6 Å². The Morgan fingerprint density at radius 3 is 2.79 bits per heavy atom. The molecule has 0 unspecified atom stereocenters. The van der Waals surface area contributed by atoms with Crippen molar-refractivity contribution in [3.63, 3.8) is 0 Å². The maximum Gasteiger partial charge on any atom is 0.355 e. The van der Waals surface area contributed by atoms with Crippen LogP contribution in [0, 0.1) is 5.82 Å². The van der Waals surface area contributed by atoms with Gasteiger partial charge in [-0.2, -0.15) is 0 Å². The van der Waals surface area contributed by atoms with Crippen molar-refractivity contribution >= 4 is 40.5 Å². The number of aromatic nitrogens is 1. The van der Waals surface area contributed by atoms with Crippen molar-refractivity contribution in [1.29, 1.82) is 0 Å². The molecule has 2 aromatic rings. The Kier molecular flexibility index (Phi) is 3.77. The lowest BCUT2D eigenvalue weighted by Crippen LogP contribution is -2.12. The number of rotatable bonds is 3. The van der Waals surface area contributed by atoms with E-state index in [0.717, 1.165) is 23.5 Å². The second kappa shape index (κ2) is 5.33. The van der Waals surface area contributed by atoms with Crippen molar-refractivity contribution < 1.29 is 19.1 Å². The fourth-order valence-corrected chi connectivity index (χ4v) is 2.10. The third-order valence-electron chi connectivity index (χ3n) is 2.09. The molecule has 1 aromatic heterocycles. The zero-order chi connectivity index (χ0) is 14.0. The number of anilines is 1. The van der Waals surface area contributed by atoms with Crippen LogP contribution >= 0.6 is 22.9 Å². The summed E-state index contributed by atoms with van der Waals surface area (Å²) in [4.78, 5) is 26.0. The van der Waals surface area contributed by atoms with Gasteiger partial charge in [-0.25, -0.2) is 14.2 Å². The lowest BCUT2D eigenvalue weighted by atomic mass is 10.3. The van der Waals surface area contributed by atoms with Crippen molar-refractivity contribution in [3.05, 3.63) is 45.1 Å². The molecule has 0 aliphatic carbocycles. The van der Waals surface area contributed by atoms with Crippen LogP contribution in [0.3, 0.4) is 0 Å². The van der Waals surface area contributed by atoms with E-state index < -0.39 is 17.7 Å². The Hall–Kier alpha value is -1.99. The molecular formula is C11H6ClFN2O3S. The molecule has 0 fully saturated rings. The first-order valence-electron chi connectivity index (χ1n) is 4.92. The number of carboxylic acid groups (broad SMARTS) is 1. The van der Waals surface area contributed by atoms with Gasteiger partial charge in [0.15, 0.2) is 10.7 Å². The van der Waals surface area contributed by atoms with Gasteiger partial charge in [-0.15, -0.1) is 11.3 Å². The van der Waals surface area contributed by atoms with Crippen LogP contribution in [0.15, 0.2) is 23.6 Å². The number of benzene rings is 1. The lowest BCUT2D eigenvalue weighted by Gasteiger charge is -2.05. The molecule has 0 spiro atoms. The minimum absolute atomic E-state index is 0.0438. The molecule has 0 saturated carbocycles. The maximum absolute atomic E-state index is 13.0. The van der Waals surface area contributed by atoms with E-state index in [2.05, 4.69) is 10.3 Å². The molecule has 0 radical (unpaired) electrons. The predicted octanol–water partition coefficient (Wildman–Crippen LogP) is 2.89. The van der Waals surface area contributed by atoms with Gasteiger partial charge in [0.05, 0.1) is 10.7 Å². The molecule has 5 nitrogen and oxygen atoms in total. The van der Waals surface area contributed by atoms with E-state index in [-0.39, 0.29) is 21.4 Å². The van der Waals surface area contributed by atoms with Crippen LogP contribution in [0.1, 0.15) is 20.3 Å². The highest BCUT2D eigenvalue weighted by atomic mass is 35.5. The zero-order valence-electron chi connectivity index (χ0n) is 9.18. The quantitative estimate of drug-likeness (QED) is 0.913. The first kappa shape index (κ1) is 13.4. The van der Waals surface area contributed by atoms with Crippen LogP contribution < -0.4 is 5.32 Å². The predicted molar refractivity (Wildman–Crippen MR) is 68.4 cm³/mol. The molecule has 2 N–H and O–H groups in total. The summed E-state index contributed by atoms with van der Waals surface area (Å²) in [7, 11) is 0. The number of carbonyl (C=O) groups excluding carboxylic acids is 1. The minimum atomic E-state index is -1.22. The van der Waals surface area contributed by atoms with E-state index in [1.165, 1.54) is 11.4 Å². The summed E-state index contributed by atoms with van der Waals surface area (Å²) in [6.07, 6.45) is 0. The molecule has 1 aromatic carbocycles. The standard InChI is InChI=1S/C11H6ClFN2O3S/c12-6-2-1-5(13)3-7(6)14-9(16)10-15-8(4-19-10)11(17)18/h1-4H,(H,14,16)(H,17,18). The number of hydrogen-bond donors (Lipinski definition) is 2. The number of nitrogens with one attached hydrogen (secondary N) is 1. The first-order valence-corrected chi connectivity index (χ1v) is 6.18. The summed E-state index contributed by atoms with van der Waals surface area (Å²) in [6.45, 7) is 0. The fourth-order valence-electron chi connectivity index (χ4n) is 1.25. The van der Waals surface area contributed by atoms with Crippen molar-refractivity contribution in [2.45, 2.75) is 0 Å². The first-order chi connectivity index (χ1) is 8.97. The van der Waals surface area contributed by atoms with E-state index >= 15 is 0 Å². The van der Waals surface area contributed by atoms with Gasteiger partial charge in [0, 0.05) is 5.38 Å². The number of halogens is 2. The van der Waals surface area contributed by atoms with Crippen LogP contribution in [0.5, 0.6) is 0 Å². The number of hydrogen-bond acceptors (Lipinski definition) is 4. The second-order valence-corrected chi connectivity index (χ2v) is 4.69. The molecule has 0 atom stereocenters. The van der Waals surface area contributed by atoms with Crippen LogP contribution in [-0.4, -0.2) is 22.0 Å². The molecule has 0 bridgehead atoms. The summed E-state index contributed by atoms with van der Waals surface area (Å²) in [5.41, 5.74) is -0.126. The highest BCUT2D eigenvalue weighted by Gasteiger charge is 2.16. The van der Waals surface area contributed by atoms with Gasteiger partial charge >= 0.3 is 5.97 Å². The molecule has 0 saturated heterocycles. The number of amides is 1. The normalized spacial score (nSPS) is 10.2. The van der Waals surface area contributed by atoms with Gasteiger partial charge < -0.3 is 10.4 Å². The number of aromatic carboxylic acids is 1. The van der Waals surface area contributed by atoms with Crippen molar-refractivity contribution in [1.82, 2.24) is 4.98 Å². The number of carboxylic acids is 1. The Labute approximate surface area is 115 Å². The minimum Gasteiger partial charge on any atom is -0.476 e. The largest absolute Gasteiger partial charge is 0.476 e. The molecule has 0 aliphatic rings. The Bertz CT molecular complexity index is 659. The smallest absolute Gasteiger partial charge is 0.355 e. The highest BCUT2D eigenvalue weighted by Crippen LogP contribution is 2.23. The van der Waals surface area contributed by atoms with E-state index in [1.807, 2.05) is 0 Å². The van der Waals surface area contributed by atoms with E-state index in [0.29, 0.717) is 0 Å². The van der Waals surface area contributed by atoms with E-state index in [1.54, 1.807) is 0 Å². The Balaban J connectivity index is 2.20. The van der Waals surface area contributed by atoms with Crippen LogP contribution in [0.4, 0.5) is 10.1 Å². The topological polar surface area (TPSA) is 79.3 Å². The Morgan fingerprint density at radius 1 is 1.42 bits per heavy atom. The molecular weight excluding hydrogens is 295 g/mol. The van der Waals surface area contributed by atoms with Gasteiger partial charge in [0.2, 0.25) is 0 Å². The highest BCUT2D eigenvalue weighted by molar-refractivity contribution is 7.12. The van der Waals surface area contributed by atoms with Gasteiger partial charge in [0.1, 0.15) is 5.82 Å². The number of nitrogens with zero attached hydrogens (tertiary/aromatic N) is 1. The summed E-state index contributed by atoms with van der Waals surface area (Å²) in [5.74, 6) is -2.42. The zero-order valence-corrected chi connectivity index (χ0v) is 10.8. The molecule has 98 valence electrons. The molecule has 8 heteroatoms. The third-order valence-corrected chi connectivity index (χ3v) is 3.26.